The molecule has 0 aliphatic carbocycles. The molecule has 0 aromatic heterocycles. The molecule has 1 atom stereocenters. The van der Waals surface area contributed by atoms with E-state index in [0.29, 0.717) is 5.22 Å². The standard InChI is InChI=1S/C17H36OSi/c1-2-3-4-5-6-7-8-9-10-11-14-17(19)15-12-13-16-18-17/h2-16H2,1,19H3. The molecule has 0 saturated carbocycles. The molecule has 1 heterocycles. The quantitative estimate of drug-likeness (QED) is 0.399. The molecule has 0 spiro atoms. The van der Waals surface area contributed by atoms with E-state index >= 15 is 0 Å². The van der Waals surface area contributed by atoms with E-state index in [4.69, 9.17) is 4.74 Å². The van der Waals surface area contributed by atoms with E-state index in [2.05, 4.69) is 6.92 Å². The highest BCUT2D eigenvalue weighted by Crippen LogP contribution is 2.27. The smallest absolute Gasteiger partial charge is 0.0486 e. The van der Waals surface area contributed by atoms with Gasteiger partial charge in [0.05, 0.1) is 0 Å². The lowest BCUT2D eigenvalue weighted by molar-refractivity contribution is -0.0240. The van der Waals surface area contributed by atoms with Gasteiger partial charge in [-0.25, -0.2) is 0 Å². The summed E-state index contributed by atoms with van der Waals surface area (Å²) < 4.78 is 6.01. The van der Waals surface area contributed by atoms with Crippen LogP contribution in [0.15, 0.2) is 0 Å². The van der Waals surface area contributed by atoms with E-state index in [9.17, 15) is 0 Å². The molecule has 19 heavy (non-hydrogen) atoms. The number of rotatable bonds is 11. The molecule has 1 fully saturated rings. The van der Waals surface area contributed by atoms with Crippen LogP contribution in [0.2, 0.25) is 0 Å². The fraction of sp³-hybridized carbons (Fsp3) is 1.00. The predicted molar refractivity (Wildman–Crippen MR) is 88.9 cm³/mol. The maximum absolute atomic E-state index is 6.01. The maximum atomic E-state index is 6.01. The first-order chi connectivity index (χ1) is 9.27. The SMILES string of the molecule is CCCCCCCCCCCCC1([SiH3])CCCCO1. The van der Waals surface area contributed by atoms with Gasteiger partial charge < -0.3 is 4.74 Å². The van der Waals surface area contributed by atoms with Crippen LogP contribution in [0.5, 0.6) is 0 Å². The highest BCUT2D eigenvalue weighted by atomic mass is 28.1. The van der Waals surface area contributed by atoms with Crippen molar-refractivity contribution in [2.45, 2.75) is 102 Å². The van der Waals surface area contributed by atoms with Gasteiger partial charge in [-0.2, -0.15) is 0 Å². The van der Waals surface area contributed by atoms with Gasteiger partial charge in [-0.15, -0.1) is 0 Å². The van der Waals surface area contributed by atoms with E-state index in [1.807, 2.05) is 0 Å². The monoisotopic (exact) mass is 284 g/mol. The van der Waals surface area contributed by atoms with E-state index < -0.39 is 0 Å². The first kappa shape index (κ1) is 17.2. The van der Waals surface area contributed by atoms with Crippen LogP contribution in [0.25, 0.3) is 0 Å². The van der Waals surface area contributed by atoms with Crippen LogP contribution >= 0.6 is 0 Å². The summed E-state index contributed by atoms with van der Waals surface area (Å²) in [6.07, 6.45) is 19.8. The Kier molecular flexibility index (Phi) is 9.89. The van der Waals surface area contributed by atoms with Gasteiger partial charge in [0.25, 0.3) is 0 Å². The summed E-state index contributed by atoms with van der Waals surface area (Å²) in [4.78, 5) is 0. The Bertz CT molecular complexity index is 199. The van der Waals surface area contributed by atoms with Crippen LogP contribution in [-0.2, 0) is 4.74 Å². The molecule has 0 amide bonds. The second kappa shape index (κ2) is 10.9. The Labute approximate surface area is 124 Å². The van der Waals surface area contributed by atoms with Gasteiger partial charge in [-0.3, -0.25) is 0 Å². The Morgan fingerprint density at radius 3 is 1.95 bits per heavy atom. The largest absolute Gasteiger partial charge is 0.380 e. The molecule has 0 aromatic rings. The average Bonchev–Trinajstić information content (AvgIpc) is 2.42. The molecule has 1 rings (SSSR count). The Morgan fingerprint density at radius 2 is 1.42 bits per heavy atom. The lowest BCUT2D eigenvalue weighted by atomic mass is 10.0. The fourth-order valence-electron chi connectivity index (χ4n) is 3.18. The van der Waals surface area contributed by atoms with Gasteiger partial charge in [-0.05, 0) is 25.7 Å². The van der Waals surface area contributed by atoms with Gasteiger partial charge in [0.2, 0.25) is 0 Å². The number of ether oxygens (including phenoxy) is 1. The van der Waals surface area contributed by atoms with Crippen molar-refractivity contribution >= 4 is 10.2 Å². The topological polar surface area (TPSA) is 9.23 Å². The van der Waals surface area contributed by atoms with E-state index in [1.165, 1.54) is 100 Å². The van der Waals surface area contributed by atoms with Crippen molar-refractivity contribution in [2.24, 2.45) is 0 Å². The molecule has 0 N–H and O–H groups in total. The Balaban J connectivity index is 1.83. The molecule has 1 saturated heterocycles. The molecule has 0 aromatic carbocycles. The first-order valence-electron chi connectivity index (χ1n) is 8.91. The van der Waals surface area contributed by atoms with Crippen LogP contribution in [0, 0.1) is 0 Å². The van der Waals surface area contributed by atoms with Gasteiger partial charge in [0, 0.05) is 22.1 Å². The fourth-order valence-corrected chi connectivity index (χ4v) is 4.09. The summed E-state index contributed by atoms with van der Waals surface area (Å²) in [5.41, 5.74) is 0. The van der Waals surface area contributed by atoms with E-state index in [-0.39, 0.29) is 0 Å². The molecule has 1 unspecified atom stereocenters. The van der Waals surface area contributed by atoms with Crippen molar-refractivity contribution in [1.29, 1.82) is 0 Å². The molecule has 114 valence electrons. The van der Waals surface area contributed by atoms with Crippen LogP contribution in [-0.4, -0.2) is 22.1 Å². The van der Waals surface area contributed by atoms with Crippen LogP contribution in [0.3, 0.4) is 0 Å². The lowest BCUT2D eigenvalue weighted by Crippen LogP contribution is -2.36. The molecule has 1 nitrogen and oxygen atoms in total. The molecule has 0 radical (unpaired) electrons. The predicted octanol–water partition coefficient (Wildman–Crippen LogP) is 4.56. The summed E-state index contributed by atoms with van der Waals surface area (Å²) in [7, 11) is 1.23. The number of hydrogen-bond donors (Lipinski definition) is 0. The third-order valence-electron chi connectivity index (χ3n) is 4.61. The normalized spacial score (nSPS) is 23.8. The van der Waals surface area contributed by atoms with Crippen molar-refractivity contribution in [3.05, 3.63) is 0 Å². The molecule has 1 aliphatic rings. The minimum Gasteiger partial charge on any atom is -0.380 e. The van der Waals surface area contributed by atoms with Crippen molar-refractivity contribution in [1.82, 2.24) is 0 Å². The molecule has 1 aliphatic heterocycles. The van der Waals surface area contributed by atoms with Crippen molar-refractivity contribution in [3.63, 3.8) is 0 Å². The third kappa shape index (κ3) is 8.86. The first-order valence-corrected chi connectivity index (χ1v) is 9.91. The second-order valence-electron chi connectivity index (χ2n) is 6.69. The van der Waals surface area contributed by atoms with Crippen molar-refractivity contribution in [2.75, 3.05) is 6.61 Å². The van der Waals surface area contributed by atoms with Crippen molar-refractivity contribution in [3.8, 4) is 0 Å². The molecular formula is C17H36OSi. The zero-order chi connectivity index (χ0) is 13.8. The number of hydrogen-bond acceptors (Lipinski definition) is 1. The summed E-state index contributed by atoms with van der Waals surface area (Å²) in [6.45, 7) is 3.32. The average molecular weight is 285 g/mol. The van der Waals surface area contributed by atoms with Crippen LogP contribution in [0.1, 0.15) is 96.8 Å². The minimum atomic E-state index is 0.360. The second-order valence-corrected chi connectivity index (χ2v) is 8.51. The van der Waals surface area contributed by atoms with Gasteiger partial charge >= 0.3 is 0 Å². The molecule has 2 heteroatoms. The number of unbranched alkanes of at least 4 members (excludes halogenated alkanes) is 9. The molecular weight excluding hydrogens is 248 g/mol. The summed E-state index contributed by atoms with van der Waals surface area (Å²) in [5, 5.41) is 0.360. The Morgan fingerprint density at radius 1 is 0.842 bits per heavy atom. The summed E-state index contributed by atoms with van der Waals surface area (Å²) in [5.74, 6) is 0. The van der Waals surface area contributed by atoms with Gasteiger partial charge in [-0.1, -0.05) is 71.1 Å². The molecule has 0 bridgehead atoms. The van der Waals surface area contributed by atoms with Crippen molar-refractivity contribution < 1.29 is 4.74 Å². The minimum absolute atomic E-state index is 0.360. The van der Waals surface area contributed by atoms with E-state index in [0.717, 1.165) is 6.61 Å². The van der Waals surface area contributed by atoms with E-state index in [1.54, 1.807) is 0 Å². The van der Waals surface area contributed by atoms with Crippen LogP contribution < -0.4 is 0 Å². The highest BCUT2D eigenvalue weighted by Gasteiger charge is 2.26. The summed E-state index contributed by atoms with van der Waals surface area (Å²) in [6, 6.07) is 0. The van der Waals surface area contributed by atoms with Gasteiger partial charge in [0.15, 0.2) is 0 Å². The maximum Gasteiger partial charge on any atom is 0.0486 e. The Hall–Kier alpha value is 0.177. The zero-order valence-electron chi connectivity index (χ0n) is 13.5. The lowest BCUT2D eigenvalue weighted by Gasteiger charge is -2.34. The summed E-state index contributed by atoms with van der Waals surface area (Å²) >= 11 is 0. The highest BCUT2D eigenvalue weighted by molar-refractivity contribution is 6.14. The van der Waals surface area contributed by atoms with Gasteiger partial charge in [0.1, 0.15) is 0 Å². The zero-order valence-corrected chi connectivity index (χ0v) is 15.5. The van der Waals surface area contributed by atoms with Crippen LogP contribution in [0.4, 0.5) is 0 Å². The third-order valence-corrected chi connectivity index (χ3v) is 5.90.